The van der Waals surface area contributed by atoms with Crippen LogP contribution in [0.4, 0.5) is 0 Å². The van der Waals surface area contributed by atoms with Gasteiger partial charge in [0, 0.05) is 6.08 Å². The van der Waals surface area contributed by atoms with E-state index in [0.29, 0.717) is 0 Å². The fraction of sp³-hybridized carbons (Fsp3) is 0.250. The summed E-state index contributed by atoms with van der Waals surface area (Å²) in [5.41, 5.74) is 4.15. The highest BCUT2D eigenvalue weighted by atomic mass is 16.4. The van der Waals surface area contributed by atoms with Crippen LogP contribution in [0.1, 0.15) is 23.6 Å². The molecule has 0 bridgehead atoms. The van der Waals surface area contributed by atoms with Gasteiger partial charge in [0.25, 0.3) is 0 Å². The van der Waals surface area contributed by atoms with Crippen LogP contribution in [-0.2, 0) is 4.79 Å². The zero-order chi connectivity index (χ0) is 10.7. The highest BCUT2D eigenvalue weighted by Gasteiger charge is 2.00. The van der Waals surface area contributed by atoms with Gasteiger partial charge in [0.2, 0.25) is 0 Å². The maximum Gasteiger partial charge on any atom is 0.328 e. The van der Waals surface area contributed by atoms with Crippen molar-refractivity contribution < 1.29 is 9.90 Å². The first-order valence-electron chi connectivity index (χ1n) is 4.49. The number of benzene rings is 1. The molecular weight excluding hydrogens is 176 g/mol. The predicted molar refractivity (Wildman–Crippen MR) is 57.2 cm³/mol. The predicted octanol–water partition coefficient (Wildman–Crippen LogP) is 2.79. The molecule has 0 saturated heterocycles. The Kier molecular flexibility index (Phi) is 3.07. The molecule has 14 heavy (non-hydrogen) atoms. The van der Waals surface area contributed by atoms with Crippen LogP contribution in [0, 0.1) is 13.8 Å². The van der Waals surface area contributed by atoms with Gasteiger partial charge in [-0.2, -0.15) is 0 Å². The molecule has 0 unspecified atom stereocenters. The van der Waals surface area contributed by atoms with Gasteiger partial charge in [-0.25, -0.2) is 4.79 Å². The third kappa shape index (κ3) is 2.46. The summed E-state index contributed by atoms with van der Waals surface area (Å²) in [7, 11) is 0. The first-order valence-corrected chi connectivity index (χ1v) is 4.49. The van der Waals surface area contributed by atoms with E-state index in [1.54, 1.807) is 6.92 Å². The van der Waals surface area contributed by atoms with Gasteiger partial charge in [-0.1, -0.05) is 18.2 Å². The van der Waals surface area contributed by atoms with Crippen molar-refractivity contribution in [1.29, 1.82) is 0 Å². The largest absolute Gasteiger partial charge is 0.478 e. The average Bonchev–Trinajstić information content (AvgIpc) is 2.08. The monoisotopic (exact) mass is 190 g/mol. The van der Waals surface area contributed by atoms with Crippen LogP contribution in [0.5, 0.6) is 0 Å². The summed E-state index contributed by atoms with van der Waals surface area (Å²) >= 11 is 0. The Bertz CT molecular complexity index is 389. The summed E-state index contributed by atoms with van der Waals surface area (Å²) < 4.78 is 0. The number of carboxylic acids is 1. The number of aliphatic carboxylic acids is 1. The number of carbonyl (C=O) groups is 1. The molecule has 1 aromatic rings. The van der Waals surface area contributed by atoms with E-state index in [2.05, 4.69) is 0 Å². The lowest BCUT2D eigenvalue weighted by Crippen LogP contribution is -1.91. The van der Waals surface area contributed by atoms with Crippen LogP contribution in [0.25, 0.3) is 5.57 Å². The second-order valence-electron chi connectivity index (χ2n) is 3.46. The minimum atomic E-state index is -0.902. The summed E-state index contributed by atoms with van der Waals surface area (Å²) in [5, 5.41) is 8.59. The molecular formula is C12H14O2. The van der Waals surface area contributed by atoms with Crippen molar-refractivity contribution in [3.63, 3.8) is 0 Å². The highest BCUT2D eigenvalue weighted by molar-refractivity contribution is 5.89. The fourth-order valence-electron chi connectivity index (χ4n) is 1.26. The van der Waals surface area contributed by atoms with E-state index in [0.717, 1.165) is 11.1 Å². The number of allylic oxidation sites excluding steroid dienone is 1. The van der Waals surface area contributed by atoms with Crippen LogP contribution in [0.2, 0.25) is 0 Å². The van der Waals surface area contributed by atoms with Crippen molar-refractivity contribution >= 4 is 11.5 Å². The molecule has 0 atom stereocenters. The van der Waals surface area contributed by atoms with Gasteiger partial charge < -0.3 is 5.11 Å². The SMILES string of the molecule is C/C(=C\C(=O)O)c1ccc(C)c(C)c1. The lowest BCUT2D eigenvalue weighted by atomic mass is 10.0. The Morgan fingerprint density at radius 3 is 2.43 bits per heavy atom. The van der Waals surface area contributed by atoms with Crippen LogP contribution in [0.15, 0.2) is 24.3 Å². The number of hydrogen-bond donors (Lipinski definition) is 1. The minimum absolute atomic E-state index is 0.778. The summed E-state index contributed by atoms with van der Waals surface area (Å²) in [6.45, 7) is 5.86. The van der Waals surface area contributed by atoms with Crippen molar-refractivity contribution in [2.75, 3.05) is 0 Å². The fourth-order valence-corrected chi connectivity index (χ4v) is 1.26. The van der Waals surface area contributed by atoms with E-state index < -0.39 is 5.97 Å². The summed E-state index contributed by atoms with van der Waals surface area (Å²) in [6.07, 6.45) is 1.23. The third-order valence-corrected chi connectivity index (χ3v) is 2.30. The summed E-state index contributed by atoms with van der Waals surface area (Å²) in [5.74, 6) is -0.902. The molecule has 1 N–H and O–H groups in total. The van der Waals surface area contributed by atoms with E-state index in [9.17, 15) is 4.79 Å². The zero-order valence-corrected chi connectivity index (χ0v) is 8.66. The van der Waals surface area contributed by atoms with Crippen LogP contribution >= 0.6 is 0 Å². The lowest BCUT2D eigenvalue weighted by Gasteiger charge is -2.04. The van der Waals surface area contributed by atoms with E-state index in [1.807, 2.05) is 32.0 Å². The van der Waals surface area contributed by atoms with E-state index in [-0.39, 0.29) is 0 Å². The Balaban J connectivity index is 3.09. The molecule has 2 heteroatoms. The van der Waals surface area contributed by atoms with Crippen LogP contribution in [0.3, 0.4) is 0 Å². The number of hydrogen-bond acceptors (Lipinski definition) is 1. The second-order valence-corrected chi connectivity index (χ2v) is 3.46. The molecule has 0 aromatic heterocycles. The molecule has 0 aliphatic rings. The van der Waals surface area contributed by atoms with Crippen molar-refractivity contribution in [3.8, 4) is 0 Å². The van der Waals surface area contributed by atoms with Crippen molar-refractivity contribution in [2.45, 2.75) is 20.8 Å². The minimum Gasteiger partial charge on any atom is -0.478 e. The topological polar surface area (TPSA) is 37.3 Å². The molecule has 74 valence electrons. The van der Waals surface area contributed by atoms with Gasteiger partial charge in [-0.05, 0) is 43.0 Å². The third-order valence-electron chi connectivity index (χ3n) is 2.30. The lowest BCUT2D eigenvalue weighted by molar-refractivity contribution is -0.131. The molecule has 0 amide bonds. The van der Waals surface area contributed by atoms with Crippen molar-refractivity contribution in [2.24, 2.45) is 0 Å². The molecule has 1 rings (SSSR count). The molecule has 1 aromatic carbocycles. The first kappa shape index (κ1) is 10.5. The van der Waals surface area contributed by atoms with Gasteiger partial charge in [0.15, 0.2) is 0 Å². The maximum absolute atomic E-state index is 10.5. The quantitative estimate of drug-likeness (QED) is 0.728. The Hall–Kier alpha value is -1.57. The van der Waals surface area contributed by atoms with E-state index in [4.69, 9.17) is 5.11 Å². The van der Waals surface area contributed by atoms with Crippen LogP contribution in [-0.4, -0.2) is 11.1 Å². The molecule has 0 aliphatic heterocycles. The Morgan fingerprint density at radius 1 is 1.29 bits per heavy atom. The Morgan fingerprint density at radius 2 is 1.93 bits per heavy atom. The molecule has 0 heterocycles. The van der Waals surface area contributed by atoms with Crippen LogP contribution < -0.4 is 0 Å². The average molecular weight is 190 g/mol. The first-order chi connectivity index (χ1) is 6.50. The van der Waals surface area contributed by atoms with Gasteiger partial charge in [0.05, 0.1) is 0 Å². The number of rotatable bonds is 2. The van der Waals surface area contributed by atoms with Gasteiger partial charge in [0.1, 0.15) is 0 Å². The smallest absolute Gasteiger partial charge is 0.328 e. The van der Waals surface area contributed by atoms with Gasteiger partial charge in [-0.3, -0.25) is 0 Å². The van der Waals surface area contributed by atoms with Gasteiger partial charge >= 0.3 is 5.97 Å². The Labute approximate surface area is 83.9 Å². The highest BCUT2D eigenvalue weighted by Crippen LogP contribution is 2.17. The van der Waals surface area contributed by atoms with Crippen molar-refractivity contribution in [3.05, 3.63) is 41.0 Å². The second kappa shape index (κ2) is 4.09. The van der Waals surface area contributed by atoms with Crippen molar-refractivity contribution in [1.82, 2.24) is 0 Å². The number of carboxylic acid groups (broad SMARTS) is 1. The molecule has 0 aliphatic carbocycles. The zero-order valence-electron chi connectivity index (χ0n) is 8.66. The molecule has 0 saturated carbocycles. The number of aryl methyl sites for hydroxylation is 2. The standard InChI is InChI=1S/C12H14O2/c1-8-4-5-11(6-9(8)2)10(3)7-12(13)14/h4-7H,1-3H3,(H,13,14)/b10-7+. The molecule has 0 fully saturated rings. The maximum atomic E-state index is 10.5. The molecule has 0 spiro atoms. The normalized spacial score (nSPS) is 11.5. The molecule has 2 nitrogen and oxygen atoms in total. The van der Waals surface area contributed by atoms with E-state index >= 15 is 0 Å². The summed E-state index contributed by atoms with van der Waals surface area (Å²) in [4.78, 5) is 10.5. The molecule has 0 radical (unpaired) electrons. The summed E-state index contributed by atoms with van der Waals surface area (Å²) in [6, 6.07) is 5.95. The van der Waals surface area contributed by atoms with E-state index in [1.165, 1.54) is 17.2 Å². The van der Waals surface area contributed by atoms with Gasteiger partial charge in [-0.15, -0.1) is 0 Å².